The normalized spacial score (nSPS) is 18.4. The molecule has 0 bridgehead atoms. The second kappa shape index (κ2) is 6.99. The average molecular weight is 361 g/mol. The molecule has 0 spiro atoms. The first-order valence-electron chi connectivity index (χ1n) is 9.38. The van der Waals surface area contributed by atoms with E-state index in [1.165, 1.54) is 0 Å². The Morgan fingerprint density at radius 2 is 2.04 bits per heavy atom. The zero-order valence-corrected chi connectivity index (χ0v) is 15.7. The molecule has 1 aliphatic carbocycles. The number of nitrogens with zero attached hydrogens (tertiary/aromatic N) is 2. The van der Waals surface area contributed by atoms with Crippen LogP contribution >= 0.6 is 0 Å². The molecule has 1 N–H and O–H groups in total. The Hall–Kier alpha value is -2.95. The van der Waals surface area contributed by atoms with Gasteiger partial charge in [0.05, 0.1) is 17.3 Å². The van der Waals surface area contributed by atoms with Crippen molar-refractivity contribution in [2.75, 3.05) is 16.8 Å². The van der Waals surface area contributed by atoms with Crippen molar-refractivity contribution in [3.63, 3.8) is 0 Å². The van der Waals surface area contributed by atoms with Gasteiger partial charge in [-0.3, -0.25) is 14.6 Å². The van der Waals surface area contributed by atoms with Crippen molar-refractivity contribution in [1.82, 2.24) is 0 Å². The van der Waals surface area contributed by atoms with Crippen LogP contribution in [0.1, 0.15) is 30.4 Å². The first kappa shape index (κ1) is 17.5. The van der Waals surface area contributed by atoms with Gasteiger partial charge in [0.25, 0.3) is 0 Å². The van der Waals surface area contributed by atoms with Gasteiger partial charge in [-0.05, 0) is 62.4 Å². The Kier molecular flexibility index (Phi) is 4.52. The molecule has 2 amide bonds. The minimum atomic E-state index is -0.203. The molecule has 4 rings (SSSR count). The molecule has 27 heavy (non-hydrogen) atoms. The minimum absolute atomic E-state index is 0.0114. The Labute approximate surface area is 159 Å². The highest BCUT2D eigenvalue weighted by Crippen LogP contribution is 2.37. The van der Waals surface area contributed by atoms with Gasteiger partial charge in [0.15, 0.2) is 0 Å². The molecule has 1 saturated carbocycles. The second-order valence-electron chi connectivity index (χ2n) is 7.33. The van der Waals surface area contributed by atoms with Crippen molar-refractivity contribution in [3.05, 3.63) is 53.6 Å². The molecule has 5 heteroatoms. The topological polar surface area (TPSA) is 61.8 Å². The number of carbonyl (C=O) groups is 2. The quantitative estimate of drug-likeness (QED) is 0.892. The third-order valence-electron chi connectivity index (χ3n) is 5.30. The number of hydrogen-bond donors (Lipinski definition) is 1. The summed E-state index contributed by atoms with van der Waals surface area (Å²) in [7, 11) is 0. The van der Waals surface area contributed by atoms with E-state index in [1.54, 1.807) is 4.90 Å². The maximum Gasteiger partial charge on any atom is 0.244 e. The summed E-state index contributed by atoms with van der Waals surface area (Å²) in [5.74, 6) is -0.425. The van der Waals surface area contributed by atoms with Gasteiger partial charge >= 0.3 is 0 Å². The van der Waals surface area contributed by atoms with E-state index in [2.05, 4.69) is 5.32 Å². The van der Waals surface area contributed by atoms with Crippen LogP contribution in [0.3, 0.4) is 0 Å². The number of para-hydroxylation sites is 2. The Bertz CT molecular complexity index is 948. The molecule has 1 atom stereocenters. The lowest BCUT2D eigenvalue weighted by molar-refractivity contribution is -0.122. The van der Waals surface area contributed by atoms with Crippen LogP contribution in [0.5, 0.6) is 0 Å². The fourth-order valence-corrected chi connectivity index (χ4v) is 3.84. The predicted octanol–water partition coefficient (Wildman–Crippen LogP) is 4.16. The number of amides is 2. The molecular weight excluding hydrogens is 338 g/mol. The monoisotopic (exact) mass is 361 g/mol. The zero-order valence-electron chi connectivity index (χ0n) is 15.7. The summed E-state index contributed by atoms with van der Waals surface area (Å²) in [4.78, 5) is 32.3. The summed E-state index contributed by atoms with van der Waals surface area (Å²) in [6, 6.07) is 13.5. The van der Waals surface area contributed by atoms with Crippen molar-refractivity contribution in [3.8, 4) is 0 Å². The maximum absolute atomic E-state index is 13.2. The highest BCUT2D eigenvalue weighted by Gasteiger charge is 2.37. The minimum Gasteiger partial charge on any atom is -0.324 e. The fraction of sp³-hybridized carbons (Fsp3) is 0.318. The van der Waals surface area contributed by atoms with E-state index in [1.807, 2.05) is 56.3 Å². The SMILES string of the molecule is Cc1ccc(C)c(NC(=O)CN2C(=O)C3CCCC3=Nc3ccccc32)c1. The lowest BCUT2D eigenvalue weighted by Crippen LogP contribution is -2.41. The molecule has 0 saturated heterocycles. The molecule has 1 heterocycles. The number of fused-ring (bicyclic) bond motifs is 2. The number of rotatable bonds is 3. The van der Waals surface area contributed by atoms with Gasteiger partial charge in [-0.25, -0.2) is 0 Å². The second-order valence-corrected chi connectivity index (χ2v) is 7.33. The van der Waals surface area contributed by atoms with Crippen LogP contribution in [0.25, 0.3) is 0 Å². The van der Waals surface area contributed by atoms with Crippen LogP contribution in [0.15, 0.2) is 47.5 Å². The van der Waals surface area contributed by atoms with Crippen LogP contribution < -0.4 is 10.2 Å². The van der Waals surface area contributed by atoms with E-state index in [0.717, 1.165) is 47.5 Å². The van der Waals surface area contributed by atoms with Crippen LogP contribution in [-0.2, 0) is 9.59 Å². The van der Waals surface area contributed by atoms with E-state index in [4.69, 9.17) is 4.99 Å². The average Bonchev–Trinajstić information content (AvgIpc) is 3.07. The number of hydrogen-bond acceptors (Lipinski definition) is 3. The standard InChI is InChI=1S/C22H23N3O2/c1-14-10-11-15(2)19(12-14)24-21(26)13-25-20-9-4-3-7-18(20)23-17-8-5-6-16(17)22(25)27/h3-4,7,9-12,16H,5-6,8,13H2,1-2H3,(H,24,26). The van der Waals surface area contributed by atoms with Crippen LogP contribution in [0.4, 0.5) is 17.1 Å². The molecule has 1 fully saturated rings. The summed E-state index contributed by atoms with van der Waals surface area (Å²) in [5, 5.41) is 2.96. The Balaban J connectivity index is 1.62. The number of aryl methyl sites for hydroxylation is 2. The van der Waals surface area contributed by atoms with Gasteiger partial charge in [0.1, 0.15) is 6.54 Å². The number of nitrogens with one attached hydrogen (secondary N) is 1. The van der Waals surface area contributed by atoms with Crippen molar-refractivity contribution in [1.29, 1.82) is 0 Å². The van der Waals surface area contributed by atoms with Crippen molar-refractivity contribution in [2.45, 2.75) is 33.1 Å². The molecular formula is C22H23N3O2. The molecule has 0 aromatic heterocycles. The number of aliphatic imine (C=N–C) groups is 1. The highest BCUT2D eigenvalue weighted by atomic mass is 16.2. The summed E-state index contributed by atoms with van der Waals surface area (Å²) in [6.07, 6.45) is 2.63. The fourth-order valence-electron chi connectivity index (χ4n) is 3.84. The van der Waals surface area contributed by atoms with E-state index in [9.17, 15) is 9.59 Å². The van der Waals surface area contributed by atoms with E-state index < -0.39 is 0 Å². The van der Waals surface area contributed by atoms with E-state index in [-0.39, 0.29) is 24.3 Å². The van der Waals surface area contributed by atoms with Crippen molar-refractivity contribution >= 4 is 34.6 Å². The highest BCUT2D eigenvalue weighted by molar-refractivity contribution is 6.16. The van der Waals surface area contributed by atoms with E-state index >= 15 is 0 Å². The summed E-state index contributed by atoms with van der Waals surface area (Å²) in [5.41, 5.74) is 5.29. The van der Waals surface area contributed by atoms with Gasteiger partial charge in [-0.2, -0.15) is 0 Å². The smallest absolute Gasteiger partial charge is 0.244 e. The molecule has 138 valence electrons. The first-order chi connectivity index (χ1) is 13.0. The Morgan fingerprint density at radius 3 is 2.89 bits per heavy atom. The first-order valence-corrected chi connectivity index (χ1v) is 9.38. The largest absolute Gasteiger partial charge is 0.324 e. The summed E-state index contributed by atoms with van der Waals surface area (Å²) in [6.45, 7) is 3.94. The third-order valence-corrected chi connectivity index (χ3v) is 5.30. The molecule has 1 aliphatic heterocycles. The number of benzene rings is 2. The Morgan fingerprint density at radius 1 is 1.22 bits per heavy atom. The summed E-state index contributed by atoms with van der Waals surface area (Å²) < 4.78 is 0. The lowest BCUT2D eigenvalue weighted by Gasteiger charge is -2.24. The summed E-state index contributed by atoms with van der Waals surface area (Å²) >= 11 is 0. The van der Waals surface area contributed by atoms with Crippen molar-refractivity contribution in [2.24, 2.45) is 10.9 Å². The van der Waals surface area contributed by atoms with Gasteiger partial charge in [-0.15, -0.1) is 0 Å². The van der Waals surface area contributed by atoms with Crippen LogP contribution in [0, 0.1) is 19.8 Å². The third kappa shape index (κ3) is 3.37. The predicted molar refractivity (Wildman–Crippen MR) is 108 cm³/mol. The van der Waals surface area contributed by atoms with Crippen LogP contribution in [-0.4, -0.2) is 24.1 Å². The van der Waals surface area contributed by atoms with Gasteiger partial charge in [0.2, 0.25) is 11.8 Å². The van der Waals surface area contributed by atoms with Gasteiger partial charge in [-0.1, -0.05) is 24.3 Å². The number of carbonyl (C=O) groups excluding carboxylic acids is 2. The lowest BCUT2D eigenvalue weighted by atomic mass is 10.1. The van der Waals surface area contributed by atoms with E-state index in [0.29, 0.717) is 5.69 Å². The molecule has 2 aromatic carbocycles. The van der Waals surface area contributed by atoms with Gasteiger partial charge < -0.3 is 10.2 Å². The molecule has 0 radical (unpaired) electrons. The van der Waals surface area contributed by atoms with Crippen molar-refractivity contribution < 1.29 is 9.59 Å². The molecule has 5 nitrogen and oxygen atoms in total. The molecule has 1 unspecified atom stereocenters. The number of anilines is 2. The van der Waals surface area contributed by atoms with Gasteiger partial charge in [0, 0.05) is 11.4 Å². The maximum atomic E-state index is 13.2. The molecule has 2 aliphatic rings. The molecule has 2 aromatic rings. The zero-order chi connectivity index (χ0) is 19.0. The van der Waals surface area contributed by atoms with Crippen LogP contribution in [0.2, 0.25) is 0 Å².